The van der Waals surface area contributed by atoms with Crippen molar-refractivity contribution in [3.8, 4) is 17.0 Å². The van der Waals surface area contributed by atoms with Crippen molar-refractivity contribution in [1.29, 1.82) is 0 Å². The summed E-state index contributed by atoms with van der Waals surface area (Å²) in [4.78, 5) is 4.58. The van der Waals surface area contributed by atoms with E-state index in [0.29, 0.717) is 6.61 Å². The Morgan fingerprint density at radius 1 is 1.22 bits per heavy atom. The minimum Gasteiger partial charge on any atom is -0.496 e. The molecule has 0 spiro atoms. The molecule has 0 aliphatic heterocycles. The summed E-state index contributed by atoms with van der Waals surface area (Å²) in [5.74, 6) is 0.877. The van der Waals surface area contributed by atoms with Crippen molar-refractivity contribution < 1.29 is 9.47 Å². The normalized spacial score (nSPS) is 10.7. The van der Waals surface area contributed by atoms with Gasteiger partial charge in [-0.2, -0.15) is 0 Å². The summed E-state index contributed by atoms with van der Waals surface area (Å²) in [6, 6.07) is 4.19. The van der Waals surface area contributed by atoms with Gasteiger partial charge in [0.2, 0.25) is 0 Å². The lowest BCUT2D eigenvalue weighted by Crippen LogP contribution is -1.93. The molecule has 0 unspecified atom stereocenters. The lowest BCUT2D eigenvalue weighted by Gasteiger charge is -2.11. The fourth-order valence-electron chi connectivity index (χ4n) is 2.03. The Morgan fingerprint density at radius 3 is 2.67 bits per heavy atom. The van der Waals surface area contributed by atoms with Crippen molar-refractivity contribution in [2.45, 2.75) is 20.5 Å². The molecule has 96 valence electrons. The van der Waals surface area contributed by atoms with Crippen LogP contribution in [0.2, 0.25) is 0 Å². The van der Waals surface area contributed by atoms with Crippen LogP contribution in [0.1, 0.15) is 16.1 Å². The molecule has 0 fully saturated rings. The maximum absolute atomic E-state index is 5.46. The van der Waals surface area contributed by atoms with Crippen LogP contribution in [0.15, 0.2) is 17.5 Å². The van der Waals surface area contributed by atoms with Crippen molar-refractivity contribution in [2.75, 3.05) is 14.2 Å². The molecule has 0 aliphatic rings. The van der Waals surface area contributed by atoms with Crippen LogP contribution in [0.25, 0.3) is 11.3 Å². The molecule has 0 N–H and O–H groups in total. The van der Waals surface area contributed by atoms with E-state index >= 15 is 0 Å². The highest BCUT2D eigenvalue weighted by atomic mass is 32.1. The number of aryl methyl sites for hydroxylation is 2. The highest BCUT2D eigenvalue weighted by molar-refractivity contribution is 7.09. The molecule has 0 bridgehead atoms. The van der Waals surface area contributed by atoms with E-state index in [9.17, 15) is 0 Å². The van der Waals surface area contributed by atoms with Gasteiger partial charge in [0, 0.05) is 18.1 Å². The van der Waals surface area contributed by atoms with Gasteiger partial charge in [0.15, 0.2) is 0 Å². The molecule has 2 rings (SSSR count). The molecule has 2 aromatic rings. The number of ether oxygens (including phenoxy) is 2. The number of hydrogen-bond donors (Lipinski definition) is 0. The second kappa shape index (κ2) is 5.50. The summed E-state index contributed by atoms with van der Waals surface area (Å²) in [7, 11) is 3.37. The number of aromatic nitrogens is 1. The Morgan fingerprint density at radius 2 is 2.00 bits per heavy atom. The fourth-order valence-corrected chi connectivity index (χ4v) is 2.79. The van der Waals surface area contributed by atoms with Crippen molar-refractivity contribution >= 4 is 11.3 Å². The molecule has 18 heavy (non-hydrogen) atoms. The zero-order valence-corrected chi connectivity index (χ0v) is 11.9. The summed E-state index contributed by atoms with van der Waals surface area (Å²) in [6.45, 7) is 4.70. The molecule has 1 aromatic heterocycles. The highest BCUT2D eigenvalue weighted by Crippen LogP contribution is 2.34. The van der Waals surface area contributed by atoms with Crippen LogP contribution in [0.5, 0.6) is 5.75 Å². The minimum atomic E-state index is 0.553. The molecule has 1 heterocycles. The van der Waals surface area contributed by atoms with Gasteiger partial charge in [-0.3, -0.25) is 0 Å². The molecule has 0 saturated heterocycles. The van der Waals surface area contributed by atoms with E-state index in [1.807, 2.05) is 6.07 Å². The first kappa shape index (κ1) is 13.1. The van der Waals surface area contributed by atoms with Crippen LogP contribution in [-0.4, -0.2) is 19.2 Å². The Labute approximate surface area is 111 Å². The van der Waals surface area contributed by atoms with Crippen molar-refractivity contribution in [1.82, 2.24) is 4.98 Å². The first-order valence-electron chi connectivity index (χ1n) is 5.74. The maximum Gasteiger partial charge on any atom is 0.128 e. The van der Waals surface area contributed by atoms with Crippen LogP contribution in [-0.2, 0) is 11.3 Å². The highest BCUT2D eigenvalue weighted by Gasteiger charge is 2.13. The third kappa shape index (κ3) is 2.54. The summed E-state index contributed by atoms with van der Waals surface area (Å²) in [5, 5.41) is 3.03. The summed E-state index contributed by atoms with van der Waals surface area (Å²) >= 11 is 1.61. The SMILES string of the molecule is COCc1nc(-c2c(C)cc(C)cc2OC)cs1. The van der Waals surface area contributed by atoms with Gasteiger partial charge in [-0.25, -0.2) is 4.98 Å². The predicted molar refractivity (Wildman–Crippen MR) is 74.3 cm³/mol. The summed E-state index contributed by atoms with van der Waals surface area (Å²) in [5.41, 5.74) is 4.41. The van der Waals surface area contributed by atoms with Crippen LogP contribution < -0.4 is 4.74 Å². The summed E-state index contributed by atoms with van der Waals surface area (Å²) < 4.78 is 10.6. The number of thiazole rings is 1. The zero-order chi connectivity index (χ0) is 13.1. The van der Waals surface area contributed by atoms with Gasteiger partial charge in [0.1, 0.15) is 10.8 Å². The fraction of sp³-hybridized carbons (Fsp3) is 0.357. The third-order valence-corrected chi connectivity index (χ3v) is 3.56. The Hall–Kier alpha value is -1.39. The van der Waals surface area contributed by atoms with Crippen LogP contribution in [0.4, 0.5) is 0 Å². The number of rotatable bonds is 4. The smallest absolute Gasteiger partial charge is 0.128 e. The van der Waals surface area contributed by atoms with Crippen LogP contribution in [0, 0.1) is 13.8 Å². The number of benzene rings is 1. The predicted octanol–water partition coefficient (Wildman–Crippen LogP) is 3.58. The van der Waals surface area contributed by atoms with Crippen LogP contribution in [0.3, 0.4) is 0 Å². The molecule has 1 aromatic carbocycles. The lowest BCUT2D eigenvalue weighted by molar-refractivity contribution is 0.184. The Balaban J connectivity index is 2.48. The second-order valence-electron chi connectivity index (χ2n) is 4.22. The monoisotopic (exact) mass is 263 g/mol. The molecule has 3 nitrogen and oxygen atoms in total. The number of hydrogen-bond acceptors (Lipinski definition) is 4. The summed E-state index contributed by atoms with van der Waals surface area (Å²) in [6.07, 6.45) is 0. The van der Waals surface area contributed by atoms with E-state index in [1.54, 1.807) is 25.6 Å². The third-order valence-electron chi connectivity index (χ3n) is 2.74. The topological polar surface area (TPSA) is 31.4 Å². The van der Waals surface area contributed by atoms with E-state index in [1.165, 1.54) is 11.1 Å². The molecule has 4 heteroatoms. The Bertz CT molecular complexity index is 549. The standard InChI is InChI=1S/C14H17NO2S/c1-9-5-10(2)14(12(6-9)17-4)11-8-18-13(15-11)7-16-3/h5-6,8H,7H2,1-4H3. The molecular weight excluding hydrogens is 246 g/mol. The zero-order valence-electron chi connectivity index (χ0n) is 11.1. The first-order chi connectivity index (χ1) is 8.65. The first-order valence-corrected chi connectivity index (χ1v) is 6.62. The molecule has 0 amide bonds. The molecular formula is C14H17NO2S. The van der Waals surface area contributed by atoms with E-state index in [2.05, 4.69) is 30.3 Å². The average molecular weight is 263 g/mol. The van der Waals surface area contributed by atoms with E-state index in [-0.39, 0.29) is 0 Å². The van der Waals surface area contributed by atoms with Gasteiger partial charge in [-0.05, 0) is 31.0 Å². The van der Waals surface area contributed by atoms with Gasteiger partial charge >= 0.3 is 0 Å². The van der Waals surface area contributed by atoms with Gasteiger partial charge < -0.3 is 9.47 Å². The van der Waals surface area contributed by atoms with E-state index in [0.717, 1.165) is 22.0 Å². The largest absolute Gasteiger partial charge is 0.496 e. The molecule has 0 atom stereocenters. The Kier molecular flexibility index (Phi) is 3.99. The van der Waals surface area contributed by atoms with E-state index < -0.39 is 0 Å². The number of nitrogens with zero attached hydrogens (tertiary/aromatic N) is 1. The van der Waals surface area contributed by atoms with Gasteiger partial charge in [0.25, 0.3) is 0 Å². The molecule has 0 saturated carbocycles. The molecule has 0 aliphatic carbocycles. The van der Waals surface area contributed by atoms with Crippen molar-refractivity contribution in [3.63, 3.8) is 0 Å². The quantitative estimate of drug-likeness (QED) is 0.845. The van der Waals surface area contributed by atoms with Crippen molar-refractivity contribution in [2.24, 2.45) is 0 Å². The average Bonchev–Trinajstić information content (AvgIpc) is 2.76. The maximum atomic E-state index is 5.46. The second-order valence-corrected chi connectivity index (χ2v) is 5.16. The van der Waals surface area contributed by atoms with Crippen molar-refractivity contribution in [3.05, 3.63) is 33.6 Å². The molecule has 0 radical (unpaired) electrons. The lowest BCUT2D eigenvalue weighted by atomic mass is 10.0. The number of methoxy groups -OCH3 is 2. The van der Waals surface area contributed by atoms with Crippen LogP contribution >= 0.6 is 11.3 Å². The van der Waals surface area contributed by atoms with Gasteiger partial charge in [-0.15, -0.1) is 11.3 Å². The minimum absolute atomic E-state index is 0.553. The van der Waals surface area contributed by atoms with Gasteiger partial charge in [-0.1, -0.05) is 6.07 Å². The van der Waals surface area contributed by atoms with Gasteiger partial charge in [0.05, 0.1) is 19.4 Å². The van der Waals surface area contributed by atoms with E-state index in [4.69, 9.17) is 9.47 Å².